The Morgan fingerprint density at radius 3 is 2.53 bits per heavy atom. The van der Waals surface area contributed by atoms with E-state index in [4.69, 9.17) is 0 Å². The van der Waals surface area contributed by atoms with E-state index in [2.05, 4.69) is 22.9 Å². The van der Waals surface area contributed by atoms with Crippen molar-refractivity contribution in [2.75, 3.05) is 13.1 Å². The standard InChI is InChI=1S/C14H16BrF2NO/c1-9-3-2-5-18(6-4-9)14(19)13-11(16)7-10(15)8-12(13)17/h7-9H,2-6H2,1H3. The SMILES string of the molecule is CC1CCCN(C(=O)c2c(F)cc(Br)cc2F)CC1. The van der Waals surface area contributed by atoms with Gasteiger partial charge in [0.1, 0.15) is 17.2 Å². The van der Waals surface area contributed by atoms with E-state index in [1.807, 2.05) is 0 Å². The quantitative estimate of drug-likeness (QED) is 0.761. The van der Waals surface area contributed by atoms with Crippen LogP contribution in [-0.2, 0) is 0 Å². The van der Waals surface area contributed by atoms with Crippen molar-refractivity contribution >= 4 is 21.8 Å². The van der Waals surface area contributed by atoms with Gasteiger partial charge in [-0.15, -0.1) is 0 Å². The zero-order valence-electron chi connectivity index (χ0n) is 10.8. The van der Waals surface area contributed by atoms with E-state index < -0.39 is 23.1 Å². The van der Waals surface area contributed by atoms with Crippen molar-refractivity contribution in [1.29, 1.82) is 0 Å². The predicted octanol–water partition coefficient (Wildman–Crippen LogP) is 3.99. The number of amides is 1. The second-order valence-corrected chi connectivity index (χ2v) is 5.99. The second kappa shape index (κ2) is 5.99. The lowest BCUT2D eigenvalue weighted by Crippen LogP contribution is -2.33. The van der Waals surface area contributed by atoms with E-state index in [-0.39, 0.29) is 0 Å². The molecule has 0 bridgehead atoms. The molecule has 5 heteroatoms. The topological polar surface area (TPSA) is 20.3 Å². The second-order valence-electron chi connectivity index (χ2n) is 5.07. The molecule has 2 rings (SSSR count). The first-order valence-electron chi connectivity index (χ1n) is 6.43. The van der Waals surface area contributed by atoms with Crippen molar-refractivity contribution in [3.63, 3.8) is 0 Å². The van der Waals surface area contributed by atoms with Crippen LogP contribution in [0.3, 0.4) is 0 Å². The van der Waals surface area contributed by atoms with Crippen molar-refractivity contribution in [3.05, 3.63) is 33.8 Å². The predicted molar refractivity (Wildman–Crippen MR) is 73.0 cm³/mol. The van der Waals surface area contributed by atoms with E-state index >= 15 is 0 Å². The van der Waals surface area contributed by atoms with Crippen LogP contribution in [0.2, 0.25) is 0 Å². The van der Waals surface area contributed by atoms with Gasteiger partial charge in [0, 0.05) is 17.6 Å². The third-order valence-electron chi connectivity index (χ3n) is 3.52. The summed E-state index contributed by atoms with van der Waals surface area (Å²) < 4.78 is 27.8. The summed E-state index contributed by atoms with van der Waals surface area (Å²) in [7, 11) is 0. The largest absolute Gasteiger partial charge is 0.338 e. The number of hydrogen-bond acceptors (Lipinski definition) is 1. The summed E-state index contributed by atoms with van der Waals surface area (Å²) in [4.78, 5) is 13.8. The third kappa shape index (κ3) is 3.32. The molecule has 0 aliphatic carbocycles. The molecule has 1 saturated heterocycles. The molecule has 19 heavy (non-hydrogen) atoms. The van der Waals surface area contributed by atoms with Crippen LogP contribution < -0.4 is 0 Å². The van der Waals surface area contributed by atoms with Crippen LogP contribution in [-0.4, -0.2) is 23.9 Å². The highest BCUT2D eigenvalue weighted by molar-refractivity contribution is 9.10. The van der Waals surface area contributed by atoms with Gasteiger partial charge >= 0.3 is 0 Å². The molecule has 1 atom stereocenters. The van der Waals surface area contributed by atoms with Crippen molar-refractivity contribution in [1.82, 2.24) is 4.90 Å². The average molecular weight is 332 g/mol. The first kappa shape index (κ1) is 14.4. The molecule has 0 saturated carbocycles. The van der Waals surface area contributed by atoms with Gasteiger partial charge < -0.3 is 4.90 Å². The average Bonchev–Trinajstić information content (AvgIpc) is 2.52. The number of rotatable bonds is 1. The minimum atomic E-state index is -0.811. The number of benzene rings is 1. The first-order chi connectivity index (χ1) is 8.99. The minimum absolute atomic E-state index is 0.295. The summed E-state index contributed by atoms with van der Waals surface area (Å²) in [5, 5.41) is 0. The Morgan fingerprint density at radius 1 is 1.26 bits per heavy atom. The molecular weight excluding hydrogens is 316 g/mol. The molecular formula is C14H16BrF2NO. The zero-order valence-corrected chi connectivity index (χ0v) is 12.3. The Kier molecular flexibility index (Phi) is 4.55. The molecule has 1 fully saturated rings. The summed E-state index contributed by atoms with van der Waals surface area (Å²) in [6.07, 6.45) is 2.81. The maximum absolute atomic E-state index is 13.8. The molecule has 0 spiro atoms. The fourth-order valence-electron chi connectivity index (χ4n) is 2.37. The molecule has 104 valence electrons. The van der Waals surface area contributed by atoms with Gasteiger partial charge in [-0.2, -0.15) is 0 Å². The molecule has 0 radical (unpaired) electrons. The highest BCUT2D eigenvalue weighted by Gasteiger charge is 2.25. The lowest BCUT2D eigenvalue weighted by atomic mass is 10.0. The molecule has 1 aliphatic heterocycles. The monoisotopic (exact) mass is 331 g/mol. The summed E-state index contributed by atoms with van der Waals surface area (Å²) in [5.41, 5.74) is -0.447. The molecule has 1 heterocycles. The molecule has 1 aliphatic rings. The fraction of sp³-hybridized carbons (Fsp3) is 0.500. The first-order valence-corrected chi connectivity index (χ1v) is 7.22. The molecule has 1 unspecified atom stereocenters. The summed E-state index contributed by atoms with van der Waals surface area (Å²) >= 11 is 3.01. The van der Waals surface area contributed by atoms with Crippen LogP contribution in [0.4, 0.5) is 8.78 Å². The number of carbonyl (C=O) groups is 1. The number of likely N-dealkylation sites (tertiary alicyclic amines) is 1. The van der Waals surface area contributed by atoms with Crippen LogP contribution in [0.1, 0.15) is 36.5 Å². The normalized spacial score (nSPS) is 20.2. The number of carbonyl (C=O) groups excluding carboxylic acids is 1. The third-order valence-corrected chi connectivity index (χ3v) is 3.98. The van der Waals surface area contributed by atoms with Crippen LogP contribution in [0.5, 0.6) is 0 Å². The fourth-order valence-corrected chi connectivity index (χ4v) is 2.77. The lowest BCUT2D eigenvalue weighted by molar-refractivity contribution is 0.0750. The summed E-state index contributed by atoms with van der Waals surface area (Å²) in [5.74, 6) is -1.61. The minimum Gasteiger partial charge on any atom is -0.338 e. The number of hydrogen-bond donors (Lipinski definition) is 0. The van der Waals surface area contributed by atoms with Crippen LogP contribution in [0.25, 0.3) is 0 Å². The Morgan fingerprint density at radius 2 is 1.89 bits per heavy atom. The van der Waals surface area contributed by atoms with Gasteiger partial charge in [-0.05, 0) is 37.3 Å². The van der Waals surface area contributed by atoms with Gasteiger partial charge in [-0.25, -0.2) is 8.78 Å². The van der Waals surface area contributed by atoms with Crippen LogP contribution >= 0.6 is 15.9 Å². The molecule has 1 aromatic rings. The number of nitrogens with zero attached hydrogens (tertiary/aromatic N) is 1. The van der Waals surface area contributed by atoms with Gasteiger partial charge in [0.05, 0.1) is 0 Å². The van der Waals surface area contributed by atoms with E-state index in [1.165, 1.54) is 0 Å². The van der Waals surface area contributed by atoms with E-state index in [0.717, 1.165) is 31.4 Å². The van der Waals surface area contributed by atoms with Crippen molar-refractivity contribution in [2.24, 2.45) is 5.92 Å². The molecule has 2 nitrogen and oxygen atoms in total. The van der Waals surface area contributed by atoms with Crippen LogP contribution in [0.15, 0.2) is 16.6 Å². The van der Waals surface area contributed by atoms with E-state index in [1.54, 1.807) is 4.90 Å². The smallest absolute Gasteiger partial charge is 0.259 e. The van der Waals surface area contributed by atoms with Crippen LogP contribution in [0, 0.1) is 17.6 Å². The summed E-state index contributed by atoms with van der Waals surface area (Å²) in [6, 6.07) is 2.24. The van der Waals surface area contributed by atoms with Crippen molar-refractivity contribution < 1.29 is 13.6 Å². The van der Waals surface area contributed by atoms with Gasteiger partial charge in [-0.1, -0.05) is 22.9 Å². The maximum atomic E-state index is 13.8. The van der Waals surface area contributed by atoms with Crippen molar-refractivity contribution in [3.8, 4) is 0 Å². The Hall–Kier alpha value is -0.970. The maximum Gasteiger partial charge on any atom is 0.259 e. The molecule has 0 aromatic heterocycles. The number of halogens is 3. The molecule has 1 amide bonds. The Labute approximate surface area is 119 Å². The highest BCUT2D eigenvalue weighted by Crippen LogP contribution is 2.23. The van der Waals surface area contributed by atoms with Gasteiger partial charge in [0.15, 0.2) is 0 Å². The molecule has 1 aromatic carbocycles. The van der Waals surface area contributed by atoms with Gasteiger partial charge in [0.25, 0.3) is 5.91 Å². The zero-order chi connectivity index (χ0) is 14.0. The van der Waals surface area contributed by atoms with Gasteiger partial charge in [-0.3, -0.25) is 4.79 Å². The lowest BCUT2D eigenvalue weighted by Gasteiger charge is -2.21. The Balaban J connectivity index is 2.24. The summed E-state index contributed by atoms with van der Waals surface area (Å²) in [6.45, 7) is 3.27. The van der Waals surface area contributed by atoms with Crippen molar-refractivity contribution in [2.45, 2.75) is 26.2 Å². The van der Waals surface area contributed by atoms with E-state index in [0.29, 0.717) is 23.5 Å². The Bertz CT molecular complexity index is 469. The molecule has 0 N–H and O–H groups in total. The highest BCUT2D eigenvalue weighted by atomic mass is 79.9. The van der Waals surface area contributed by atoms with E-state index in [9.17, 15) is 13.6 Å². The van der Waals surface area contributed by atoms with Gasteiger partial charge in [0.2, 0.25) is 0 Å².